The number of rotatable bonds is 2. The van der Waals surface area contributed by atoms with Crippen LogP contribution < -0.4 is 11.1 Å². The molecule has 5 heteroatoms. The van der Waals surface area contributed by atoms with Crippen LogP contribution in [0.2, 0.25) is 0 Å². The second-order valence-electron chi connectivity index (χ2n) is 3.80. The fourth-order valence-electron chi connectivity index (χ4n) is 1.50. The maximum Gasteiger partial charge on any atom is 0.130 e. The van der Waals surface area contributed by atoms with E-state index in [2.05, 4.69) is 10.3 Å². The fraction of sp³-hybridized carbons (Fsp3) is 0.0769. The van der Waals surface area contributed by atoms with Gasteiger partial charge in [0.1, 0.15) is 17.7 Å². The van der Waals surface area contributed by atoms with Crippen LogP contribution in [-0.2, 0) is 0 Å². The standard InChI is InChI=1S/C13H11FN4/c1-8-11(16)3-5-13(17-8)18-12-4-2-10(14)6-9(12)7-15/h2-6H,16H2,1H3,(H,17,18). The van der Waals surface area contributed by atoms with E-state index in [-0.39, 0.29) is 5.56 Å². The predicted molar refractivity (Wildman–Crippen MR) is 67.8 cm³/mol. The molecule has 0 saturated carbocycles. The molecule has 0 amide bonds. The smallest absolute Gasteiger partial charge is 0.130 e. The molecule has 2 aromatic rings. The Kier molecular flexibility index (Phi) is 3.11. The van der Waals surface area contributed by atoms with E-state index in [1.54, 1.807) is 19.1 Å². The number of nitrogens with two attached hydrogens (primary N) is 1. The molecule has 1 aromatic carbocycles. The van der Waals surface area contributed by atoms with E-state index in [0.717, 1.165) is 0 Å². The molecule has 4 nitrogen and oxygen atoms in total. The monoisotopic (exact) mass is 242 g/mol. The summed E-state index contributed by atoms with van der Waals surface area (Å²) in [6.07, 6.45) is 0. The summed E-state index contributed by atoms with van der Waals surface area (Å²) < 4.78 is 13.0. The summed E-state index contributed by atoms with van der Waals surface area (Å²) in [6.45, 7) is 1.79. The molecule has 1 heterocycles. The zero-order valence-electron chi connectivity index (χ0n) is 9.74. The number of nitrogen functional groups attached to an aromatic ring is 1. The number of aryl methyl sites for hydroxylation is 1. The Hall–Kier alpha value is -2.61. The molecule has 0 atom stereocenters. The molecule has 0 bridgehead atoms. The molecule has 0 aliphatic carbocycles. The van der Waals surface area contributed by atoms with Gasteiger partial charge in [0.25, 0.3) is 0 Å². The minimum atomic E-state index is -0.446. The normalized spacial score (nSPS) is 9.83. The highest BCUT2D eigenvalue weighted by molar-refractivity contribution is 5.65. The number of nitriles is 1. The summed E-state index contributed by atoms with van der Waals surface area (Å²) in [4.78, 5) is 4.23. The first-order valence-electron chi connectivity index (χ1n) is 5.30. The van der Waals surface area contributed by atoms with Crippen molar-refractivity contribution in [2.75, 3.05) is 11.1 Å². The van der Waals surface area contributed by atoms with E-state index in [1.165, 1.54) is 18.2 Å². The molecular weight excluding hydrogens is 231 g/mol. The van der Waals surface area contributed by atoms with Gasteiger partial charge in [-0.2, -0.15) is 5.26 Å². The molecule has 0 saturated heterocycles. The average Bonchev–Trinajstić information content (AvgIpc) is 2.36. The van der Waals surface area contributed by atoms with Crippen molar-refractivity contribution in [2.45, 2.75) is 6.92 Å². The highest BCUT2D eigenvalue weighted by Gasteiger charge is 2.05. The van der Waals surface area contributed by atoms with Gasteiger partial charge in [0, 0.05) is 0 Å². The predicted octanol–water partition coefficient (Wildman–Crippen LogP) is 2.73. The van der Waals surface area contributed by atoms with Gasteiger partial charge in [-0.3, -0.25) is 0 Å². The Morgan fingerprint density at radius 3 is 2.78 bits per heavy atom. The van der Waals surface area contributed by atoms with Crippen LogP contribution in [0.5, 0.6) is 0 Å². The Labute approximate surface area is 104 Å². The van der Waals surface area contributed by atoms with Gasteiger partial charge in [-0.1, -0.05) is 0 Å². The minimum absolute atomic E-state index is 0.228. The van der Waals surface area contributed by atoms with E-state index in [1.807, 2.05) is 6.07 Å². The highest BCUT2D eigenvalue weighted by Crippen LogP contribution is 2.21. The van der Waals surface area contributed by atoms with Crippen LogP contribution in [0, 0.1) is 24.1 Å². The SMILES string of the molecule is Cc1nc(Nc2ccc(F)cc2C#N)ccc1N. The van der Waals surface area contributed by atoms with Crippen molar-refractivity contribution in [3.8, 4) is 6.07 Å². The van der Waals surface area contributed by atoms with Gasteiger partial charge in [-0.05, 0) is 37.3 Å². The van der Waals surface area contributed by atoms with Crippen LogP contribution in [-0.4, -0.2) is 4.98 Å². The molecular formula is C13H11FN4. The average molecular weight is 242 g/mol. The number of hydrogen-bond donors (Lipinski definition) is 2. The number of aromatic nitrogens is 1. The maximum atomic E-state index is 13.0. The molecule has 0 unspecified atom stereocenters. The number of hydrogen-bond acceptors (Lipinski definition) is 4. The molecule has 0 aliphatic rings. The minimum Gasteiger partial charge on any atom is -0.397 e. The van der Waals surface area contributed by atoms with E-state index in [0.29, 0.717) is 22.9 Å². The lowest BCUT2D eigenvalue weighted by Gasteiger charge is -2.09. The zero-order valence-corrected chi connectivity index (χ0v) is 9.74. The number of pyridine rings is 1. The number of halogens is 1. The molecule has 0 aliphatic heterocycles. The molecule has 90 valence electrons. The lowest BCUT2D eigenvalue weighted by Crippen LogP contribution is -2.00. The first-order valence-corrected chi connectivity index (χ1v) is 5.30. The summed E-state index contributed by atoms with van der Waals surface area (Å²) in [5, 5.41) is 11.9. The summed E-state index contributed by atoms with van der Waals surface area (Å²) in [5.41, 5.74) is 7.70. The summed E-state index contributed by atoms with van der Waals surface area (Å²) >= 11 is 0. The fourth-order valence-corrected chi connectivity index (χ4v) is 1.50. The van der Waals surface area contributed by atoms with Gasteiger partial charge >= 0.3 is 0 Å². The maximum absolute atomic E-state index is 13.0. The second kappa shape index (κ2) is 4.72. The Balaban J connectivity index is 2.34. The first kappa shape index (κ1) is 11.9. The van der Waals surface area contributed by atoms with E-state index < -0.39 is 5.82 Å². The summed E-state index contributed by atoms with van der Waals surface area (Å²) in [7, 11) is 0. The van der Waals surface area contributed by atoms with Crippen molar-refractivity contribution in [3.63, 3.8) is 0 Å². The molecule has 1 aromatic heterocycles. The van der Waals surface area contributed by atoms with Crippen molar-refractivity contribution in [1.82, 2.24) is 4.98 Å². The van der Waals surface area contributed by atoms with Gasteiger partial charge < -0.3 is 11.1 Å². The van der Waals surface area contributed by atoms with E-state index in [4.69, 9.17) is 11.0 Å². The van der Waals surface area contributed by atoms with Gasteiger partial charge in [0.2, 0.25) is 0 Å². The third-order valence-electron chi connectivity index (χ3n) is 2.49. The molecule has 3 N–H and O–H groups in total. The highest BCUT2D eigenvalue weighted by atomic mass is 19.1. The van der Waals surface area contributed by atoms with Crippen LogP contribution in [0.3, 0.4) is 0 Å². The van der Waals surface area contributed by atoms with Gasteiger partial charge in [0.15, 0.2) is 0 Å². The van der Waals surface area contributed by atoms with Gasteiger partial charge in [0.05, 0.1) is 22.6 Å². The molecule has 0 radical (unpaired) electrons. The van der Waals surface area contributed by atoms with Crippen molar-refractivity contribution in [2.24, 2.45) is 0 Å². The van der Waals surface area contributed by atoms with Crippen molar-refractivity contribution >= 4 is 17.2 Å². The topological polar surface area (TPSA) is 74.7 Å². The van der Waals surface area contributed by atoms with Crippen LogP contribution in [0.1, 0.15) is 11.3 Å². The van der Waals surface area contributed by atoms with Crippen LogP contribution in [0.4, 0.5) is 21.6 Å². The van der Waals surface area contributed by atoms with E-state index >= 15 is 0 Å². The van der Waals surface area contributed by atoms with Gasteiger partial charge in [-0.15, -0.1) is 0 Å². The molecule has 0 fully saturated rings. The largest absolute Gasteiger partial charge is 0.397 e. The zero-order chi connectivity index (χ0) is 13.1. The third kappa shape index (κ3) is 2.38. The van der Waals surface area contributed by atoms with Crippen LogP contribution in [0.15, 0.2) is 30.3 Å². The summed E-state index contributed by atoms with van der Waals surface area (Å²) in [5.74, 6) is 0.114. The van der Waals surface area contributed by atoms with Crippen molar-refractivity contribution < 1.29 is 4.39 Å². The van der Waals surface area contributed by atoms with Crippen LogP contribution >= 0.6 is 0 Å². The first-order chi connectivity index (χ1) is 8.60. The molecule has 0 spiro atoms. The van der Waals surface area contributed by atoms with E-state index in [9.17, 15) is 4.39 Å². The quantitative estimate of drug-likeness (QED) is 0.849. The Morgan fingerprint density at radius 1 is 1.33 bits per heavy atom. The molecule has 18 heavy (non-hydrogen) atoms. The third-order valence-corrected chi connectivity index (χ3v) is 2.49. The number of anilines is 3. The lowest BCUT2D eigenvalue weighted by molar-refractivity contribution is 0.627. The molecule has 2 rings (SSSR count). The number of benzene rings is 1. The lowest BCUT2D eigenvalue weighted by atomic mass is 10.2. The number of nitrogens with one attached hydrogen (secondary N) is 1. The van der Waals surface area contributed by atoms with Crippen LogP contribution in [0.25, 0.3) is 0 Å². The second-order valence-corrected chi connectivity index (χ2v) is 3.80. The summed E-state index contributed by atoms with van der Waals surface area (Å²) in [6, 6.07) is 9.31. The Morgan fingerprint density at radius 2 is 2.11 bits per heavy atom. The Bertz CT molecular complexity index is 631. The van der Waals surface area contributed by atoms with Gasteiger partial charge in [-0.25, -0.2) is 9.37 Å². The number of nitrogens with zero attached hydrogens (tertiary/aromatic N) is 2. The van der Waals surface area contributed by atoms with Crippen molar-refractivity contribution in [3.05, 3.63) is 47.4 Å². The van der Waals surface area contributed by atoms with Crippen molar-refractivity contribution in [1.29, 1.82) is 5.26 Å².